The maximum absolute atomic E-state index is 17.0. The van der Waals surface area contributed by atoms with Crippen molar-refractivity contribution in [3.05, 3.63) is 191 Å². The molecule has 7 aromatic rings. The standard InChI is InChI=1S/C54H48NO12PS2/c56-49(57)16-7-29-55-53(58)39-12-6-11-37(34-39)38-18-27-46-48(35-38)54(40-19-23-42(24-20-40)66-30-8-32-69(60,61)62,41-21-25-43(26-22-41)67-31-9-33-70(63,64)65)50-47-28-17-36-10-4-5-15-45(36)51(47)68(59,52(46)50)44-13-2-1-3-14-44/h1-6,10-15,17-28,34-35H,7-9,16,29-33H2,(H,55,58)(H,56,57)(H,60,61,62)(H,63,64,65). The molecular formula is C54H48NO12PS2. The normalized spacial score (nSPS) is 15.8. The lowest BCUT2D eigenvalue weighted by Crippen LogP contribution is -2.30. The van der Waals surface area contributed by atoms with Gasteiger partial charge in [0.25, 0.3) is 26.1 Å². The third-order valence-corrected chi connectivity index (χ3v) is 17.6. The van der Waals surface area contributed by atoms with Gasteiger partial charge in [-0.3, -0.25) is 18.7 Å². The average molecular weight is 998 g/mol. The van der Waals surface area contributed by atoms with Crippen molar-refractivity contribution in [1.82, 2.24) is 5.32 Å². The Bertz CT molecular complexity index is 3380. The van der Waals surface area contributed by atoms with Gasteiger partial charge in [0.2, 0.25) is 0 Å². The van der Waals surface area contributed by atoms with Crippen LogP contribution in [0.25, 0.3) is 32.8 Å². The summed E-state index contributed by atoms with van der Waals surface area (Å²) >= 11 is 0. The zero-order valence-electron chi connectivity index (χ0n) is 37.7. The summed E-state index contributed by atoms with van der Waals surface area (Å²) in [6.45, 7) is 0.240. The van der Waals surface area contributed by atoms with Gasteiger partial charge >= 0.3 is 5.97 Å². The summed E-state index contributed by atoms with van der Waals surface area (Å²) in [5.74, 6) is -1.31. The SMILES string of the molecule is O=C(O)CCCNC(=O)c1cccc(-c2ccc3c(c2)C(c2ccc(OCCCS(=O)(=O)O)cc2)(c2ccc(OCCCS(=O)(=O)O)cc2)C2=C3P(=O)(c3ccccc3)c3c2ccc2ccccc32)c1. The number of carboxylic acid groups (broad SMARTS) is 1. The molecule has 1 aliphatic heterocycles. The van der Waals surface area contributed by atoms with E-state index < -0.39 is 50.3 Å². The predicted octanol–water partition coefficient (Wildman–Crippen LogP) is 8.96. The predicted molar refractivity (Wildman–Crippen MR) is 271 cm³/mol. The van der Waals surface area contributed by atoms with Gasteiger partial charge in [0.1, 0.15) is 11.5 Å². The summed E-state index contributed by atoms with van der Waals surface area (Å²) in [7, 11) is -12.1. The van der Waals surface area contributed by atoms with Gasteiger partial charge in [-0.2, -0.15) is 16.8 Å². The first-order valence-electron chi connectivity index (χ1n) is 22.6. The van der Waals surface area contributed by atoms with Gasteiger partial charge in [0.05, 0.1) is 30.1 Å². The maximum atomic E-state index is 17.0. The van der Waals surface area contributed by atoms with Crippen molar-refractivity contribution in [1.29, 1.82) is 0 Å². The van der Waals surface area contributed by atoms with Gasteiger partial charge in [0.15, 0.2) is 7.14 Å². The van der Waals surface area contributed by atoms with E-state index in [9.17, 15) is 35.5 Å². The fourth-order valence-corrected chi connectivity index (χ4v) is 14.3. The van der Waals surface area contributed by atoms with Crippen LogP contribution >= 0.6 is 7.14 Å². The highest BCUT2D eigenvalue weighted by Gasteiger charge is 2.58. The first-order chi connectivity index (χ1) is 33.6. The Hall–Kier alpha value is -6.87. The maximum Gasteiger partial charge on any atom is 0.303 e. The van der Waals surface area contributed by atoms with Crippen LogP contribution in [-0.4, -0.2) is 74.2 Å². The summed E-state index contributed by atoms with van der Waals surface area (Å²) in [5.41, 5.74) is 5.39. The second-order valence-electron chi connectivity index (χ2n) is 17.2. The number of hydrogen-bond acceptors (Lipinski definition) is 9. The molecule has 1 aliphatic carbocycles. The second kappa shape index (κ2) is 19.5. The molecule has 0 bridgehead atoms. The number of hydrogen-bond donors (Lipinski definition) is 4. The van der Waals surface area contributed by atoms with Gasteiger partial charge < -0.3 is 24.5 Å². The van der Waals surface area contributed by atoms with Crippen LogP contribution in [0.4, 0.5) is 0 Å². The van der Waals surface area contributed by atoms with E-state index in [0.717, 1.165) is 60.6 Å². The molecule has 0 aromatic heterocycles. The summed E-state index contributed by atoms with van der Waals surface area (Å²) < 4.78 is 93.4. The monoisotopic (exact) mass is 997 g/mol. The van der Waals surface area contributed by atoms with E-state index in [0.29, 0.717) is 27.7 Å². The number of aliphatic carboxylic acids is 1. The molecule has 0 saturated carbocycles. The Labute approximate surface area is 405 Å². The van der Waals surface area contributed by atoms with E-state index in [1.54, 1.807) is 42.5 Å². The fraction of sp³-hybridized carbons (Fsp3) is 0.185. The Morgan fingerprint density at radius 3 is 1.81 bits per heavy atom. The van der Waals surface area contributed by atoms with Crippen LogP contribution in [0.5, 0.6) is 11.5 Å². The summed E-state index contributed by atoms with van der Waals surface area (Å²) in [4.78, 5) is 24.5. The minimum absolute atomic E-state index is 0.0254. The number of amides is 1. The quantitative estimate of drug-likeness (QED) is 0.0340. The van der Waals surface area contributed by atoms with Crippen molar-refractivity contribution in [2.75, 3.05) is 31.3 Å². The molecule has 7 aromatic carbocycles. The largest absolute Gasteiger partial charge is 0.494 e. The van der Waals surface area contributed by atoms with Gasteiger partial charge in [-0.25, -0.2) is 0 Å². The highest BCUT2D eigenvalue weighted by atomic mass is 32.2. The minimum atomic E-state index is -4.18. The lowest BCUT2D eigenvalue weighted by atomic mass is 9.65. The Kier molecular flexibility index (Phi) is 13.4. The number of carbonyl (C=O) groups excluding carboxylic acids is 1. The number of benzene rings is 7. The number of fused-ring (bicyclic) bond motifs is 6. The third-order valence-electron chi connectivity index (χ3n) is 12.7. The molecule has 1 atom stereocenters. The molecule has 0 radical (unpaired) electrons. The van der Waals surface area contributed by atoms with Crippen molar-refractivity contribution in [3.63, 3.8) is 0 Å². The molecule has 0 saturated heterocycles. The first-order valence-corrected chi connectivity index (χ1v) is 27.6. The molecule has 0 fully saturated rings. The van der Waals surface area contributed by atoms with E-state index in [2.05, 4.69) is 17.4 Å². The van der Waals surface area contributed by atoms with Crippen LogP contribution in [-0.2, 0) is 35.0 Å². The molecule has 16 heteroatoms. The van der Waals surface area contributed by atoms with Gasteiger partial charge in [0, 0.05) is 34.5 Å². The topological polar surface area (TPSA) is 211 Å². The smallest absolute Gasteiger partial charge is 0.303 e. The molecule has 4 N–H and O–H groups in total. The molecule has 0 spiro atoms. The van der Waals surface area contributed by atoms with Crippen LogP contribution in [0.3, 0.4) is 0 Å². The minimum Gasteiger partial charge on any atom is -0.494 e. The van der Waals surface area contributed by atoms with Crippen LogP contribution in [0.15, 0.2) is 158 Å². The van der Waals surface area contributed by atoms with E-state index >= 15 is 4.57 Å². The lowest BCUT2D eigenvalue weighted by Gasteiger charge is -2.36. The molecule has 9 rings (SSSR count). The summed E-state index contributed by atoms with van der Waals surface area (Å²) in [6.07, 6.45) is 0.328. The van der Waals surface area contributed by atoms with E-state index in [1.807, 2.05) is 103 Å². The molecule has 1 unspecified atom stereocenters. The number of carbonyl (C=O) groups is 2. The van der Waals surface area contributed by atoms with Crippen molar-refractivity contribution < 1.29 is 54.7 Å². The molecule has 1 amide bonds. The van der Waals surface area contributed by atoms with Crippen molar-refractivity contribution in [2.24, 2.45) is 0 Å². The number of rotatable bonds is 19. The molecule has 1 heterocycles. The zero-order chi connectivity index (χ0) is 49.3. The second-order valence-corrected chi connectivity index (χ2v) is 23.0. The number of ether oxygens (including phenoxy) is 2. The van der Waals surface area contributed by atoms with E-state index in [-0.39, 0.29) is 51.3 Å². The van der Waals surface area contributed by atoms with Crippen molar-refractivity contribution in [3.8, 4) is 22.6 Å². The number of allylic oxidation sites excluding steroid dienone is 1. The van der Waals surface area contributed by atoms with Crippen LogP contribution in [0.2, 0.25) is 0 Å². The average Bonchev–Trinajstić information content (AvgIpc) is 3.81. The van der Waals surface area contributed by atoms with Crippen LogP contribution < -0.4 is 25.4 Å². The zero-order valence-corrected chi connectivity index (χ0v) is 40.2. The molecule has 70 heavy (non-hydrogen) atoms. The molecule has 2 aliphatic rings. The Balaban J connectivity index is 1.27. The van der Waals surface area contributed by atoms with Crippen LogP contribution in [0.1, 0.15) is 63.9 Å². The molecule has 13 nitrogen and oxygen atoms in total. The van der Waals surface area contributed by atoms with Crippen molar-refractivity contribution in [2.45, 2.75) is 31.1 Å². The molecular weight excluding hydrogens is 950 g/mol. The van der Waals surface area contributed by atoms with E-state index in [1.165, 1.54) is 0 Å². The first kappa shape index (κ1) is 48.2. The summed E-state index contributed by atoms with van der Waals surface area (Å²) in [5, 5.41) is 15.8. The number of nitrogens with one attached hydrogen (secondary N) is 1. The van der Waals surface area contributed by atoms with Crippen LogP contribution in [0, 0.1) is 0 Å². The lowest BCUT2D eigenvalue weighted by molar-refractivity contribution is -0.137. The van der Waals surface area contributed by atoms with Gasteiger partial charge in [-0.05, 0) is 117 Å². The van der Waals surface area contributed by atoms with Gasteiger partial charge in [-0.15, -0.1) is 0 Å². The Morgan fingerprint density at radius 2 is 1.20 bits per heavy atom. The Morgan fingerprint density at radius 1 is 0.614 bits per heavy atom. The van der Waals surface area contributed by atoms with Crippen molar-refractivity contribution >= 4 is 71.5 Å². The summed E-state index contributed by atoms with van der Waals surface area (Å²) in [6, 6.07) is 49.7. The fourth-order valence-electron chi connectivity index (χ4n) is 9.76. The third kappa shape index (κ3) is 9.43. The highest BCUT2D eigenvalue weighted by Crippen LogP contribution is 2.74. The van der Waals surface area contributed by atoms with Gasteiger partial charge in [-0.1, -0.05) is 115 Å². The number of carboxylic acids is 1. The highest BCUT2D eigenvalue weighted by molar-refractivity contribution is 7.89. The van der Waals surface area contributed by atoms with E-state index in [4.69, 9.17) is 14.6 Å². The molecule has 358 valence electrons.